The van der Waals surface area contributed by atoms with Crippen molar-refractivity contribution < 1.29 is 9.18 Å². The number of rotatable bonds is 0. The fraction of sp³-hybridized carbons (Fsp3) is 0.462. The Morgan fingerprint density at radius 1 is 1.35 bits per heavy atom. The number of anilines is 2. The van der Waals surface area contributed by atoms with Crippen molar-refractivity contribution in [1.29, 1.82) is 0 Å². The van der Waals surface area contributed by atoms with Gasteiger partial charge in [0.05, 0.1) is 11.4 Å². The summed E-state index contributed by atoms with van der Waals surface area (Å²) in [4.78, 5) is 13.6. The van der Waals surface area contributed by atoms with Gasteiger partial charge >= 0.3 is 0 Å². The molecule has 0 spiro atoms. The molecule has 0 aromatic heterocycles. The second-order valence-electron chi connectivity index (χ2n) is 5.28. The number of halogens is 1. The molecule has 0 aliphatic carbocycles. The average Bonchev–Trinajstić information content (AvgIpc) is 2.35. The third-order valence-electron chi connectivity index (χ3n) is 2.90. The van der Waals surface area contributed by atoms with Gasteiger partial charge in [-0.1, -0.05) is 0 Å². The molecular weight excluding hydrogens is 219 g/mol. The summed E-state index contributed by atoms with van der Waals surface area (Å²) in [6.45, 7) is 6.76. The van der Waals surface area contributed by atoms with Gasteiger partial charge in [0.2, 0.25) is 5.91 Å². The van der Waals surface area contributed by atoms with Crippen molar-refractivity contribution >= 4 is 17.3 Å². The minimum absolute atomic E-state index is 0.0235. The highest BCUT2D eigenvalue weighted by atomic mass is 19.1. The standard InChI is InChI=1S/C13H17FN2O/c1-13(2,3)16-7-6-12(17)15-10-5-4-9(14)8-11(10)16/h4-5,8H,6-7H2,1-3H3,(H,15,17). The molecule has 92 valence electrons. The molecule has 0 atom stereocenters. The lowest BCUT2D eigenvalue weighted by Gasteiger charge is -2.37. The number of carbonyl (C=O) groups is 1. The van der Waals surface area contributed by atoms with Crippen molar-refractivity contribution in [2.24, 2.45) is 0 Å². The number of benzene rings is 1. The van der Waals surface area contributed by atoms with Gasteiger partial charge < -0.3 is 10.2 Å². The first-order chi connectivity index (χ1) is 7.88. The smallest absolute Gasteiger partial charge is 0.226 e. The van der Waals surface area contributed by atoms with Crippen molar-refractivity contribution in [1.82, 2.24) is 0 Å². The van der Waals surface area contributed by atoms with E-state index in [2.05, 4.69) is 31.0 Å². The molecule has 0 bridgehead atoms. The summed E-state index contributed by atoms with van der Waals surface area (Å²) < 4.78 is 13.3. The molecule has 0 unspecified atom stereocenters. The third-order valence-corrected chi connectivity index (χ3v) is 2.90. The molecule has 1 aromatic carbocycles. The lowest BCUT2D eigenvalue weighted by molar-refractivity contribution is -0.116. The van der Waals surface area contributed by atoms with Crippen LogP contribution in [0.3, 0.4) is 0 Å². The number of nitrogens with one attached hydrogen (secondary N) is 1. The summed E-state index contributed by atoms with van der Waals surface area (Å²) in [5.41, 5.74) is 1.29. The van der Waals surface area contributed by atoms with E-state index < -0.39 is 0 Å². The zero-order chi connectivity index (χ0) is 12.6. The van der Waals surface area contributed by atoms with E-state index in [1.807, 2.05) is 0 Å². The summed E-state index contributed by atoms with van der Waals surface area (Å²) >= 11 is 0. The van der Waals surface area contributed by atoms with E-state index in [-0.39, 0.29) is 17.3 Å². The Kier molecular flexibility index (Phi) is 2.81. The van der Waals surface area contributed by atoms with Crippen LogP contribution in [0.1, 0.15) is 27.2 Å². The van der Waals surface area contributed by atoms with Gasteiger partial charge in [-0.05, 0) is 39.0 Å². The van der Waals surface area contributed by atoms with Gasteiger partial charge in [0.15, 0.2) is 0 Å². The molecule has 4 heteroatoms. The predicted octanol–water partition coefficient (Wildman–Crippen LogP) is 2.77. The van der Waals surface area contributed by atoms with Crippen LogP contribution in [-0.2, 0) is 4.79 Å². The molecule has 1 aromatic rings. The minimum Gasteiger partial charge on any atom is -0.364 e. The maximum atomic E-state index is 13.3. The number of carbonyl (C=O) groups excluding carboxylic acids is 1. The van der Waals surface area contributed by atoms with Gasteiger partial charge in [-0.15, -0.1) is 0 Å². The van der Waals surface area contributed by atoms with Gasteiger partial charge in [-0.2, -0.15) is 0 Å². The van der Waals surface area contributed by atoms with Crippen LogP contribution in [0.15, 0.2) is 18.2 Å². The highest BCUT2D eigenvalue weighted by Gasteiger charge is 2.27. The number of amides is 1. The summed E-state index contributed by atoms with van der Waals surface area (Å²) in [6, 6.07) is 4.46. The topological polar surface area (TPSA) is 32.3 Å². The molecule has 0 saturated carbocycles. The highest BCUT2D eigenvalue weighted by molar-refractivity contribution is 5.96. The lowest BCUT2D eigenvalue weighted by Crippen LogP contribution is -2.42. The van der Waals surface area contributed by atoms with Crippen molar-refractivity contribution in [2.75, 3.05) is 16.8 Å². The molecule has 1 N–H and O–H groups in total. The van der Waals surface area contributed by atoms with Crippen molar-refractivity contribution in [3.63, 3.8) is 0 Å². The summed E-state index contributed by atoms with van der Waals surface area (Å²) in [7, 11) is 0. The van der Waals surface area contributed by atoms with E-state index in [0.717, 1.165) is 5.69 Å². The predicted molar refractivity (Wildman–Crippen MR) is 66.7 cm³/mol. The quantitative estimate of drug-likeness (QED) is 0.751. The number of nitrogens with zero attached hydrogens (tertiary/aromatic N) is 1. The zero-order valence-corrected chi connectivity index (χ0v) is 10.4. The molecular formula is C13H17FN2O. The molecule has 0 radical (unpaired) electrons. The normalized spacial score (nSPS) is 16.2. The summed E-state index contributed by atoms with van der Waals surface area (Å²) in [6.07, 6.45) is 0.424. The SMILES string of the molecule is CC(C)(C)N1CCC(=O)Nc2ccc(F)cc21. The van der Waals surface area contributed by atoms with Crippen LogP contribution in [0, 0.1) is 5.82 Å². The Morgan fingerprint density at radius 2 is 2.06 bits per heavy atom. The molecule has 0 fully saturated rings. The van der Waals surface area contributed by atoms with E-state index >= 15 is 0 Å². The van der Waals surface area contributed by atoms with E-state index in [9.17, 15) is 9.18 Å². The summed E-state index contributed by atoms with van der Waals surface area (Å²) in [5, 5.41) is 2.80. The Morgan fingerprint density at radius 3 is 2.71 bits per heavy atom. The van der Waals surface area contributed by atoms with Gasteiger partial charge in [0.25, 0.3) is 0 Å². The molecule has 1 amide bonds. The third kappa shape index (κ3) is 2.40. The first-order valence-electron chi connectivity index (χ1n) is 5.75. The van der Waals surface area contributed by atoms with E-state index in [1.54, 1.807) is 6.07 Å². The molecule has 3 nitrogen and oxygen atoms in total. The second kappa shape index (κ2) is 4.02. The Labute approximate surface area is 101 Å². The first kappa shape index (κ1) is 11.9. The Balaban J connectivity index is 2.52. The largest absolute Gasteiger partial charge is 0.364 e. The fourth-order valence-corrected chi connectivity index (χ4v) is 2.08. The van der Waals surface area contributed by atoms with Crippen LogP contribution in [0.4, 0.5) is 15.8 Å². The fourth-order valence-electron chi connectivity index (χ4n) is 2.08. The van der Waals surface area contributed by atoms with Gasteiger partial charge in [0.1, 0.15) is 5.82 Å². The molecule has 1 aliphatic heterocycles. The van der Waals surface area contributed by atoms with Crippen molar-refractivity contribution in [2.45, 2.75) is 32.7 Å². The molecule has 1 heterocycles. The van der Waals surface area contributed by atoms with E-state index in [0.29, 0.717) is 18.7 Å². The van der Waals surface area contributed by atoms with Crippen molar-refractivity contribution in [3.05, 3.63) is 24.0 Å². The van der Waals surface area contributed by atoms with Crippen LogP contribution in [-0.4, -0.2) is 18.0 Å². The van der Waals surface area contributed by atoms with Gasteiger partial charge in [-0.3, -0.25) is 4.79 Å². The van der Waals surface area contributed by atoms with Crippen LogP contribution in [0.2, 0.25) is 0 Å². The van der Waals surface area contributed by atoms with Crippen molar-refractivity contribution in [3.8, 4) is 0 Å². The maximum absolute atomic E-state index is 13.3. The molecule has 1 aliphatic rings. The van der Waals surface area contributed by atoms with Crippen LogP contribution < -0.4 is 10.2 Å². The first-order valence-corrected chi connectivity index (χ1v) is 5.75. The number of fused-ring (bicyclic) bond motifs is 1. The average molecular weight is 236 g/mol. The monoisotopic (exact) mass is 236 g/mol. The van der Waals surface area contributed by atoms with Gasteiger partial charge in [-0.25, -0.2) is 4.39 Å². The number of hydrogen-bond acceptors (Lipinski definition) is 2. The van der Waals surface area contributed by atoms with E-state index in [4.69, 9.17) is 0 Å². The Hall–Kier alpha value is -1.58. The molecule has 17 heavy (non-hydrogen) atoms. The van der Waals surface area contributed by atoms with E-state index in [1.165, 1.54) is 12.1 Å². The van der Waals surface area contributed by atoms with Crippen LogP contribution >= 0.6 is 0 Å². The number of hydrogen-bond donors (Lipinski definition) is 1. The Bertz CT molecular complexity index is 451. The second-order valence-corrected chi connectivity index (χ2v) is 5.28. The molecule has 0 saturated heterocycles. The zero-order valence-electron chi connectivity index (χ0n) is 10.4. The lowest BCUT2D eigenvalue weighted by atomic mass is 10.0. The minimum atomic E-state index is -0.283. The molecule has 2 rings (SSSR count). The summed E-state index contributed by atoms with van der Waals surface area (Å²) in [5.74, 6) is -0.307. The van der Waals surface area contributed by atoms with Crippen LogP contribution in [0.25, 0.3) is 0 Å². The maximum Gasteiger partial charge on any atom is 0.226 e. The van der Waals surface area contributed by atoms with Gasteiger partial charge in [0, 0.05) is 18.5 Å². The van der Waals surface area contributed by atoms with Crippen LogP contribution in [0.5, 0.6) is 0 Å². The highest BCUT2D eigenvalue weighted by Crippen LogP contribution is 2.34.